The van der Waals surface area contributed by atoms with E-state index in [2.05, 4.69) is 45.2 Å². The lowest BCUT2D eigenvalue weighted by Crippen LogP contribution is -2.19. The van der Waals surface area contributed by atoms with Gasteiger partial charge in [-0.3, -0.25) is 4.98 Å². The van der Waals surface area contributed by atoms with Crippen LogP contribution in [0.3, 0.4) is 0 Å². The van der Waals surface area contributed by atoms with E-state index in [1.54, 1.807) is 11.3 Å². The predicted octanol–water partition coefficient (Wildman–Crippen LogP) is 6.07. The summed E-state index contributed by atoms with van der Waals surface area (Å²) in [5.74, 6) is 0.942. The van der Waals surface area contributed by atoms with Crippen molar-refractivity contribution >= 4 is 38.2 Å². The molecule has 3 aromatic rings. The average Bonchev–Trinajstić information content (AvgIpc) is 3.07. The van der Waals surface area contributed by atoms with Gasteiger partial charge in [-0.25, -0.2) is 0 Å². The van der Waals surface area contributed by atoms with E-state index in [1.807, 2.05) is 23.7 Å². The third kappa shape index (κ3) is 3.03. The van der Waals surface area contributed by atoms with Gasteiger partial charge >= 0.3 is 0 Å². The van der Waals surface area contributed by atoms with Gasteiger partial charge < -0.3 is 5.11 Å². The number of thiophene rings is 1. The summed E-state index contributed by atoms with van der Waals surface area (Å²) in [7, 11) is 0. The highest BCUT2D eigenvalue weighted by Gasteiger charge is 2.30. The lowest BCUT2D eigenvalue weighted by Gasteiger charge is -2.32. The fourth-order valence-electron chi connectivity index (χ4n) is 3.95. The fraction of sp³-hybridized carbons (Fsp3) is 0.350. The Labute approximate surface area is 154 Å². The Kier molecular flexibility index (Phi) is 4.70. The van der Waals surface area contributed by atoms with Crippen molar-refractivity contribution in [2.45, 2.75) is 37.7 Å². The van der Waals surface area contributed by atoms with Crippen molar-refractivity contribution in [1.82, 2.24) is 4.98 Å². The first-order valence-corrected chi connectivity index (χ1v) is 10.2. The topological polar surface area (TPSA) is 33.1 Å². The zero-order valence-corrected chi connectivity index (χ0v) is 15.8. The highest BCUT2D eigenvalue weighted by Crippen LogP contribution is 2.44. The van der Waals surface area contributed by atoms with Gasteiger partial charge in [-0.1, -0.05) is 18.2 Å². The molecule has 2 heterocycles. The van der Waals surface area contributed by atoms with Crippen LogP contribution in [0, 0.1) is 5.92 Å². The summed E-state index contributed by atoms with van der Waals surface area (Å²) in [6, 6.07) is 12.6. The number of aliphatic hydroxyl groups excluding tert-OH is 1. The van der Waals surface area contributed by atoms with Crippen molar-refractivity contribution in [3.05, 3.63) is 62.9 Å². The zero-order valence-electron chi connectivity index (χ0n) is 13.4. The molecule has 0 bridgehead atoms. The number of halogens is 1. The Morgan fingerprint density at radius 1 is 1.08 bits per heavy atom. The first-order valence-electron chi connectivity index (χ1n) is 8.48. The van der Waals surface area contributed by atoms with E-state index in [4.69, 9.17) is 0 Å². The number of hydrogen-bond acceptors (Lipinski definition) is 3. The van der Waals surface area contributed by atoms with Crippen LogP contribution >= 0.6 is 27.3 Å². The van der Waals surface area contributed by atoms with Crippen molar-refractivity contribution in [1.29, 1.82) is 0 Å². The van der Waals surface area contributed by atoms with E-state index in [-0.39, 0.29) is 6.10 Å². The van der Waals surface area contributed by atoms with Crippen molar-refractivity contribution in [2.75, 3.05) is 0 Å². The molecule has 0 aliphatic heterocycles. The summed E-state index contributed by atoms with van der Waals surface area (Å²) in [4.78, 5) is 5.56. The van der Waals surface area contributed by atoms with E-state index in [1.165, 1.54) is 10.9 Å². The molecule has 1 saturated carbocycles. The van der Waals surface area contributed by atoms with Crippen molar-refractivity contribution in [3.8, 4) is 0 Å². The molecule has 0 spiro atoms. The zero-order chi connectivity index (χ0) is 16.5. The van der Waals surface area contributed by atoms with E-state index < -0.39 is 0 Å². The second-order valence-electron chi connectivity index (χ2n) is 6.61. The van der Waals surface area contributed by atoms with Gasteiger partial charge in [0.1, 0.15) is 0 Å². The summed E-state index contributed by atoms with van der Waals surface area (Å²) in [6.07, 6.45) is 6.02. The Morgan fingerprint density at radius 2 is 1.88 bits per heavy atom. The number of para-hydroxylation sites is 1. The second kappa shape index (κ2) is 6.95. The minimum absolute atomic E-state index is 0.338. The van der Waals surface area contributed by atoms with Crippen LogP contribution in [0.15, 0.2) is 52.4 Å². The molecule has 0 saturated heterocycles. The van der Waals surface area contributed by atoms with Gasteiger partial charge in [0.2, 0.25) is 0 Å². The molecule has 24 heavy (non-hydrogen) atoms. The van der Waals surface area contributed by atoms with Crippen molar-refractivity contribution in [2.24, 2.45) is 5.92 Å². The molecular weight excluding hydrogens is 382 g/mol. The Bertz CT molecular complexity index is 833. The number of pyridine rings is 1. The number of aromatic nitrogens is 1. The Balaban J connectivity index is 1.51. The minimum atomic E-state index is -0.338. The largest absolute Gasteiger partial charge is 0.387 e. The molecule has 1 atom stereocenters. The van der Waals surface area contributed by atoms with Gasteiger partial charge in [-0.2, -0.15) is 0 Å². The predicted molar refractivity (Wildman–Crippen MR) is 103 cm³/mol. The lowest BCUT2D eigenvalue weighted by molar-refractivity contribution is 0.0834. The standard InChI is InChI=1S/C20H20BrNOS/c21-17-10-12-24-20(17)19(23)14-7-5-13(6-8-14)15-9-11-22-18-4-2-1-3-16(15)18/h1-4,9-14,19,23H,5-8H2. The SMILES string of the molecule is OC(c1sccc1Br)C1CCC(c2ccnc3ccccc23)CC1. The first kappa shape index (κ1) is 16.2. The molecule has 124 valence electrons. The van der Waals surface area contributed by atoms with Crippen LogP contribution in [-0.4, -0.2) is 10.1 Å². The Morgan fingerprint density at radius 3 is 2.62 bits per heavy atom. The highest BCUT2D eigenvalue weighted by molar-refractivity contribution is 9.10. The summed E-state index contributed by atoms with van der Waals surface area (Å²) >= 11 is 5.20. The van der Waals surface area contributed by atoms with Gasteiger partial charge in [-0.15, -0.1) is 11.3 Å². The summed E-state index contributed by atoms with van der Waals surface area (Å²) in [5.41, 5.74) is 2.51. The summed E-state index contributed by atoms with van der Waals surface area (Å²) in [5, 5.41) is 14.0. The van der Waals surface area contributed by atoms with Crippen LogP contribution in [0.4, 0.5) is 0 Å². The van der Waals surface area contributed by atoms with Crippen LogP contribution in [0.1, 0.15) is 48.1 Å². The molecule has 4 rings (SSSR count). The van der Waals surface area contributed by atoms with Gasteiger partial charge in [0.05, 0.1) is 11.6 Å². The monoisotopic (exact) mass is 401 g/mol. The summed E-state index contributed by atoms with van der Waals surface area (Å²) in [6.45, 7) is 0. The minimum Gasteiger partial charge on any atom is -0.387 e. The maximum Gasteiger partial charge on any atom is 0.0921 e. The molecule has 2 aromatic heterocycles. The maximum atomic E-state index is 10.7. The van der Waals surface area contributed by atoms with Crippen molar-refractivity contribution < 1.29 is 5.11 Å². The molecule has 1 unspecified atom stereocenters. The maximum absolute atomic E-state index is 10.7. The van der Waals surface area contributed by atoms with Crippen molar-refractivity contribution in [3.63, 3.8) is 0 Å². The molecule has 1 N–H and O–H groups in total. The van der Waals surface area contributed by atoms with E-state index in [9.17, 15) is 5.11 Å². The van der Waals surface area contributed by atoms with E-state index in [0.717, 1.165) is 40.5 Å². The third-order valence-electron chi connectivity index (χ3n) is 5.25. The second-order valence-corrected chi connectivity index (χ2v) is 8.41. The van der Waals surface area contributed by atoms with Gasteiger partial charge in [0.25, 0.3) is 0 Å². The fourth-order valence-corrected chi connectivity index (χ4v) is 5.64. The van der Waals surface area contributed by atoms with E-state index in [0.29, 0.717) is 11.8 Å². The number of benzene rings is 1. The number of hydrogen-bond donors (Lipinski definition) is 1. The average molecular weight is 402 g/mol. The van der Waals surface area contributed by atoms with Gasteiger partial charge in [-0.05, 0) is 82.6 Å². The molecule has 1 aromatic carbocycles. The van der Waals surface area contributed by atoms with Crippen LogP contribution in [0.25, 0.3) is 10.9 Å². The van der Waals surface area contributed by atoms with E-state index >= 15 is 0 Å². The third-order valence-corrected chi connectivity index (χ3v) is 7.20. The normalized spacial score (nSPS) is 22.6. The first-order chi connectivity index (χ1) is 11.7. The quantitative estimate of drug-likeness (QED) is 0.577. The van der Waals surface area contributed by atoms with Gasteiger partial charge in [0.15, 0.2) is 0 Å². The molecule has 1 aliphatic carbocycles. The molecule has 4 heteroatoms. The molecular formula is C20H20BrNOS. The molecule has 2 nitrogen and oxygen atoms in total. The van der Waals surface area contributed by atoms with Gasteiger partial charge in [0, 0.05) is 20.9 Å². The van der Waals surface area contributed by atoms with Crippen LogP contribution in [-0.2, 0) is 0 Å². The number of rotatable bonds is 3. The highest BCUT2D eigenvalue weighted by atomic mass is 79.9. The van der Waals surface area contributed by atoms with Crippen LogP contribution in [0.2, 0.25) is 0 Å². The molecule has 1 fully saturated rings. The number of nitrogens with zero attached hydrogens (tertiary/aromatic N) is 1. The number of fused-ring (bicyclic) bond motifs is 1. The molecule has 1 aliphatic rings. The smallest absolute Gasteiger partial charge is 0.0921 e. The van der Waals surface area contributed by atoms with Crippen LogP contribution in [0.5, 0.6) is 0 Å². The molecule has 0 amide bonds. The Hall–Kier alpha value is -1.23. The summed E-state index contributed by atoms with van der Waals surface area (Å²) < 4.78 is 1.04. The number of aliphatic hydroxyl groups is 1. The van der Waals surface area contributed by atoms with Crippen LogP contribution < -0.4 is 0 Å². The molecule has 0 radical (unpaired) electrons. The lowest BCUT2D eigenvalue weighted by atomic mass is 9.76.